The van der Waals surface area contributed by atoms with Crippen molar-refractivity contribution in [1.29, 1.82) is 0 Å². The summed E-state index contributed by atoms with van der Waals surface area (Å²) in [6.07, 6.45) is 8.03. The fourth-order valence-electron chi connectivity index (χ4n) is 2.56. The van der Waals surface area contributed by atoms with Crippen molar-refractivity contribution >= 4 is 5.69 Å². The molecule has 1 aromatic carbocycles. The van der Waals surface area contributed by atoms with Crippen LogP contribution in [0.1, 0.15) is 12.8 Å². The zero-order chi connectivity index (χ0) is 13.1. The van der Waals surface area contributed by atoms with Gasteiger partial charge in [-0.25, -0.2) is 4.98 Å². The molecule has 2 aromatic rings. The standard InChI is InChI=1S/C15H20N4/c1-18-8-5-13(6-9-18)17-14-3-2-4-15(11-14)19-10-7-16-12-19/h2-4,7,10-13,17H,5-6,8-9H2,1H3. The maximum atomic E-state index is 4.09. The van der Waals surface area contributed by atoms with E-state index in [1.54, 1.807) is 6.20 Å². The fourth-order valence-corrected chi connectivity index (χ4v) is 2.56. The molecule has 0 saturated carbocycles. The van der Waals surface area contributed by atoms with Gasteiger partial charge in [-0.3, -0.25) is 0 Å². The minimum Gasteiger partial charge on any atom is -0.382 e. The Morgan fingerprint density at radius 2 is 2.11 bits per heavy atom. The van der Waals surface area contributed by atoms with Crippen LogP contribution in [0.4, 0.5) is 5.69 Å². The van der Waals surface area contributed by atoms with Crippen molar-refractivity contribution in [3.8, 4) is 5.69 Å². The summed E-state index contributed by atoms with van der Waals surface area (Å²) in [5.41, 5.74) is 2.34. The molecule has 1 fully saturated rings. The van der Waals surface area contributed by atoms with Crippen LogP contribution in [-0.4, -0.2) is 40.6 Å². The minimum atomic E-state index is 0.592. The summed E-state index contributed by atoms with van der Waals surface area (Å²) in [4.78, 5) is 6.48. The van der Waals surface area contributed by atoms with Crippen LogP contribution in [0.15, 0.2) is 43.0 Å². The third-order valence-corrected chi connectivity index (χ3v) is 3.74. The van der Waals surface area contributed by atoms with Gasteiger partial charge in [0.05, 0.1) is 6.33 Å². The van der Waals surface area contributed by atoms with Gasteiger partial charge >= 0.3 is 0 Å². The summed E-state index contributed by atoms with van der Waals surface area (Å²) < 4.78 is 2.03. The number of hydrogen-bond donors (Lipinski definition) is 1. The number of nitrogens with zero attached hydrogens (tertiary/aromatic N) is 3. The van der Waals surface area contributed by atoms with Crippen molar-refractivity contribution in [3.63, 3.8) is 0 Å². The van der Waals surface area contributed by atoms with E-state index >= 15 is 0 Å². The van der Waals surface area contributed by atoms with Gasteiger partial charge in [0.1, 0.15) is 0 Å². The smallest absolute Gasteiger partial charge is 0.0991 e. The summed E-state index contributed by atoms with van der Waals surface area (Å²) in [7, 11) is 2.19. The second-order valence-corrected chi connectivity index (χ2v) is 5.24. The maximum absolute atomic E-state index is 4.09. The highest BCUT2D eigenvalue weighted by Crippen LogP contribution is 2.18. The Kier molecular flexibility index (Phi) is 3.51. The lowest BCUT2D eigenvalue weighted by Crippen LogP contribution is -2.36. The van der Waals surface area contributed by atoms with E-state index in [-0.39, 0.29) is 0 Å². The molecule has 1 N–H and O–H groups in total. The Bertz CT molecular complexity index is 513. The average molecular weight is 256 g/mol. The number of benzene rings is 1. The van der Waals surface area contributed by atoms with Gasteiger partial charge in [-0.15, -0.1) is 0 Å². The molecular weight excluding hydrogens is 236 g/mol. The highest BCUT2D eigenvalue weighted by molar-refractivity contribution is 5.51. The molecule has 1 saturated heterocycles. The molecular formula is C15H20N4. The van der Waals surface area contributed by atoms with E-state index in [4.69, 9.17) is 0 Å². The summed E-state index contributed by atoms with van der Waals surface area (Å²) in [6, 6.07) is 9.10. The van der Waals surface area contributed by atoms with E-state index in [0.29, 0.717) is 6.04 Å². The zero-order valence-electron chi connectivity index (χ0n) is 11.3. The molecule has 3 rings (SSSR count). The topological polar surface area (TPSA) is 33.1 Å². The zero-order valence-corrected chi connectivity index (χ0v) is 11.3. The Morgan fingerprint density at radius 3 is 2.84 bits per heavy atom. The number of likely N-dealkylation sites (tertiary alicyclic amines) is 1. The van der Waals surface area contributed by atoms with Crippen LogP contribution >= 0.6 is 0 Å². The largest absolute Gasteiger partial charge is 0.382 e. The molecule has 100 valence electrons. The van der Waals surface area contributed by atoms with Crippen molar-refractivity contribution in [2.24, 2.45) is 0 Å². The monoisotopic (exact) mass is 256 g/mol. The van der Waals surface area contributed by atoms with E-state index in [1.807, 2.05) is 17.1 Å². The maximum Gasteiger partial charge on any atom is 0.0991 e. The van der Waals surface area contributed by atoms with Crippen molar-refractivity contribution in [2.75, 3.05) is 25.5 Å². The van der Waals surface area contributed by atoms with Crippen LogP contribution < -0.4 is 5.32 Å². The van der Waals surface area contributed by atoms with Gasteiger partial charge in [0.25, 0.3) is 0 Å². The molecule has 1 aliphatic heterocycles. The predicted octanol–water partition coefficient (Wildman–Crippen LogP) is 2.38. The van der Waals surface area contributed by atoms with Gasteiger partial charge < -0.3 is 14.8 Å². The number of rotatable bonds is 3. The van der Waals surface area contributed by atoms with Gasteiger partial charge in [0.15, 0.2) is 0 Å². The molecule has 1 aliphatic rings. The Balaban J connectivity index is 1.70. The third-order valence-electron chi connectivity index (χ3n) is 3.74. The Hall–Kier alpha value is -1.81. The lowest BCUT2D eigenvalue weighted by atomic mass is 10.1. The van der Waals surface area contributed by atoms with E-state index in [2.05, 4.69) is 46.5 Å². The fraction of sp³-hybridized carbons (Fsp3) is 0.400. The Labute approximate surface area is 114 Å². The molecule has 2 heterocycles. The number of aromatic nitrogens is 2. The lowest BCUT2D eigenvalue weighted by Gasteiger charge is -2.30. The molecule has 0 spiro atoms. The van der Waals surface area contributed by atoms with Crippen LogP contribution in [-0.2, 0) is 0 Å². The summed E-state index contributed by atoms with van der Waals surface area (Å²) in [6.45, 7) is 2.36. The number of anilines is 1. The first kappa shape index (κ1) is 12.2. The molecule has 19 heavy (non-hydrogen) atoms. The predicted molar refractivity (Wildman–Crippen MR) is 77.7 cm³/mol. The van der Waals surface area contributed by atoms with Crippen molar-refractivity contribution in [2.45, 2.75) is 18.9 Å². The van der Waals surface area contributed by atoms with Gasteiger partial charge in [-0.2, -0.15) is 0 Å². The first-order valence-electron chi connectivity index (χ1n) is 6.85. The number of hydrogen-bond acceptors (Lipinski definition) is 3. The van der Waals surface area contributed by atoms with E-state index < -0.39 is 0 Å². The number of nitrogens with one attached hydrogen (secondary N) is 1. The second kappa shape index (κ2) is 5.45. The highest BCUT2D eigenvalue weighted by Gasteiger charge is 2.16. The molecule has 1 aromatic heterocycles. The van der Waals surface area contributed by atoms with E-state index in [9.17, 15) is 0 Å². The normalized spacial score (nSPS) is 17.5. The number of imidazole rings is 1. The third kappa shape index (κ3) is 2.96. The van der Waals surface area contributed by atoms with Crippen LogP contribution in [0, 0.1) is 0 Å². The molecule has 0 radical (unpaired) electrons. The molecule has 4 heteroatoms. The highest BCUT2D eigenvalue weighted by atomic mass is 15.1. The molecule has 4 nitrogen and oxygen atoms in total. The van der Waals surface area contributed by atoms with Crippen LogP contribution in [0.2, 0.25) is 0 Å². The van der Waals surface area contributed by atoms with Crippen LogP contribution in [0.5, 0.6) is 0 Å². The lowest BCUT2D eigenvalue weighted by molar-refractivity contribution is 0.264. The minimum absolute atomic E-state index is 0.592. The molecule has 0 atom stereocenters. The second-order valence-electron chi connectivity index (χ2n) is 5.24. The quantitative estimate of drug-likeness (QED) is 0.915. The molecule has 0 amide bonds. The first-order valence-corrected chi connectivity index (χ1v) is 6.85. The van der Waals surface area contributed by atoms with Gasteiger partial charge in [0, 0.05) is 29.8 Å². The van der Waals surface area contributed by atoms with Crippen molar-refractivity contribution in [1.82, 2.24) is 14.5 Å². The molecule has 0 unspecified atom stereocenters. The molecule has 0 aliphatic carbocycles. The van der Waals surface area contributed by atoms with Gasteiger partial charge in [0.2, 0.25) is 0 Å². The SMILES string of the molecule is CN1CCC(Nc2cccc(-n3ccnc3)c2)CC1. The van der Waals surface area contributed by atoms with E-state index in [1.165, 1.54) is 31.6 Å². The first-order chi connectivity index (χ1) is 9.31. The van der Waals surface area contributed by atoms with E-state index in [0.717, 1.165) is 5.69 Å². The molecule has 0 bridgehead atoms. The number of piperidine rings is 1. The summed E-state index contributed by atoms with van der Waals surface area (Å²) in [5.74, 6) is 0. The average Bonchev–Trinajstić information content (AvgIpc) is 2.96. The van der Waals surface area contributed by atoms with Crippen molar-refractivity contribution < 1.29 is 0 Å². The van der Waals surface area contributed by atoms with Crippen molar-refractivity contribution in [3.05, 3.63) is 43.0 Å². The summed E-state index contributed by atoms with van der Waals surface area (Å²) >= 11 is 0. The summed E-state index contributed by atoms with van der Waals surface area (Å²) in [5, 5.41) is 3.64. The van der Waals surface area contributed by atoms with Gasteiger partial charge in [-0.1, -0.05) is 6.07 Å². The van der Waals surface area contributed by atoms with Gasteiger partial charge in [-0.05, 0) is 51.2 Å². The van der Waals surface area contributed by atoms with Crippen LogP contribution in [0.3, 0.4) is 0 Å². The van der Waals surface area contributed by atoms with Crippen LogP contribution in [0.25, 0.3) is 5.69 Å². The Morgan fingerprint density at radius 1 is 1.26 bits per heavy atom.